The summed E-state index contributed by atoms with van der Waals surface area (Å²) in [6.45, 7) is 2.04. The van der Waals surface area contributed by atoms with Crippen molar-refractivity contribution in [1.82, 2.24) is 9.97 Å². The Labute approximate surface area is 105 Å². The Morgan fingerprint density at radius 2 is 1.72 bits per heavy atom. The molecule has 0 spiro atoms. The number of nitrogens with zero attached hydrogens (tertiary/aromatic N) is 1. The third kappa shape index (κ3) is 9.07. The zero-order valence-corrected chi connectivity index (χ0v) is 11.1. The van der Waals surface area contributed by atoms with Crippen molar-refractivity contribution >= 4 is 20.5 Å². The van der Waals surface area contributed by atoms with Crippen LogP contribution in [0.4, 0.5) is 0 Å². The Hall–Kier alpha value is -1.01. The smallest absolute Gasteiger partial charge is 0.333 e. The largest absolute Gasteiger partial charge is 0.394 e. The van der Waals surface area contributed by atoms with Crippen molar-refractivity contribution in [2.75, 3.05) is 0 Å². The molecular weight excluding hydrogens is 288 g/mol. The van der Waals surface area contributed by atoms with E-state index in [0.717, 1.165) is 19.3 Å². The summed E-state index contributed by atoms with van der Waals surface area (Å²) in [5, 5.41) is -0.376. The number of hydrogen-bond acceptors (Lipinski definition) is 5. The monoisotopic (exact) mass is 302 g/mol. The number of imidazole rings is 1. The van der Waals surface area contributed by atoms with Crippen LogP contribution >= 0.6 is 0 Å². The molecule has 1 aromatic heterocycles. The van der Waals surface area contributed by atoms with Gasteiger partial charge in [0.1, 0.15) is 0 Å². The van der Waals surface area contributed by atoms with E-state index in [2.05, 4.69) is 9.97 Å². The van der Waals surface area contributed by atoms with E-state index in [1.165, 1.54) is 6.20 Å². The van der Waals surface area contributed by atoms with E-state index in [1.54, 1.807) is 0 Å². The van der Waals surface area contributed by atoms with Gasteiger partial charge in [-0.2, -0.15) is 16.8 Å². The zero-order chi connectivity index (χ0) is 14.4. The summed E-state index contributed by atoms with van der Waals surface area (Å²) < 4.78 is 61.4. The SMILES string of the molecule is CCCCc1c[nH]c(S(=O)(=O)O)n1.O=S(=O)(O)O. The van der Waals surface area contributed by atoms with Crippen LogP contribution in [0.2, 0.25) is 0 Å². The third-order valence-corrected chi connectivity index (χ3v) is 2.34. The molecule has 11 heteroatoms. The lowest BCUT2D eigenvalue weighted by Gasteiger charge is -1.90. The minimum Gasteiger partial charge on any atom is -0.333 e. The van der Waals surface area contributed by atoms with Crippen molar-refractivity contribution < 1.29 is 30.5 Å². The average molecular weight is 302 g/mol. The van der Waals surface area contributed by atoms with Gasteiger partial charge in [0.05, 0.1) is 5.69 Å². The maximum Gasteiger partial charge on any atom is 0.394 e. The lowest BCUT2D eigenvalue weighted by Crippen LogP contribution is -2.00. The molecule has 0 aliphatic rings. The summed E-state index contributed by atoms with van der Waals surface area (Å²) in [5.41, 5.74) is 0.662. The maximum atomic E-state index is 10.6. The van der Waals surface area contributed by atoms with Gasteiger partial charge in [0.25, 0.3) is 5.16 Å². The third-order valence-electron chi connectivity index (χ3n) is 1.64. The number of H-pyrrole nitrogens is 1. The van der Waals surface area contributed by atoms with Crippen LogP contribution < -0.4 is 0 Å². The van der Waals surface area contributed by atoms with Crippen LogP contribution in [0.1, 0.15) is 25.5 Å². The van der Waals surface area contributed by atoms with E-state index in [0.29, 0.717) is 5.69 Å². The molecular formula is C7H14N2O7S2. The highest BCUT2D eigenvalue weighted by Crippen LogP contribution is 2.06. The summed E-state index contributed by atoms with van der Waals surface area (Å²) in [5.74, 6) is 0. The molecule has 0 unspecified atom stereocenters. The Balaban J connectivity index is 0.000000494. The van der Waals surface area contributed by atoms with E-state index >= 15 is 0 Å². The minimum absolute atomic E-state index is 0.376. The molecule has 0 saturated heterocycles. The predicted molar refractivity (Wildman–Crippen MR) is 61.2 cm³/mol. The van der Waals surface area contributed by atoms with Gasteiger partial charge in [-0.3, -0.25) is 13.7 Å². The normalized spacial score (nSPS) is 11.8. The lowest BCUT2D eigenvalue weighted by atomic mass is 10.2. The first-order valence-electron chi connectivity index (χ1n) is 4.75. The van der Waals surface area contributed by atoms with E-state index in [4.69, 9.17) is 22.1 Å². The van der Waals surface area contributed by atoms with Crippen LogP contribution in [0.3, 0.4) is 0 Å². The van der Waals surface area contributed by atoms with Gasteiger partial charge in [0, 0.05) is 6.20 Å². The Morgan fingerprint density at radius 3 is 2.06 bits per heavy atom. The van der Waals surface area contributed by atoms with E-state index in [-0.39, 0.29) is 5.16 Å². The highest BCUT2D eigenvalue weighted by molar-refractivity contribution is 7.85. The quantitative estimate of drug-likeness (QED) is 0.580. The van der Waals surface area contributed by atoms with Gasteiger partial charge in [0.2, 0.25) is 0 Å². The topological polar surface area (TPSA) is 158 Å². The fourth-order valence-corrected chi connectivity index (χ4v) is 1.40. The first kappa shape index (κ1) is 17.0. The van der Waals surface area contributed by atoms with Gasteiger partial charge in [-0.1, -0.05) is 13.3 Å². The van der Waals surface area contributed by atoms with Crippen LogP contribution in [0.25, 0.3) is 0 Å². The fourth-order valence-electron chi connectivity index (χ4n) is 0.958. The second-order valence-corrected chi connectivity index (χ2v) is 5.46. The summed E-state index contributed by atoms with van der Waals surface area (Å²) >= 11 is 0. The van der Waals surface area contributed by atoms with Gasteiger partial charge >= 0.3 is 20.5 Å². The van der Waals surface area contributed by atoms with Crippen molar-refractivity contribution in [3.63, 3.8) is 0 Å². The van der Waals surface area contributed by atoms with Crippen LogP contribution in [0, 0.1) is 0 Å². The Morgan fingerprint density at radius 1 is 1.22 bits per heavy atom. The lowest BCUT2D eigenvalue weighted by molar-refractivity contribution is 0.381. The minimum atomic E-state index is -4.67. The van der Waals surface area contributed by atoms with E-state index in [1.807, 2.05) is 6.92 Å². The zero-order valence-electron chi connectivity index (χ0n) is 9.44. The molecule has 0 aromatic carbocycles. The van der Waals surface area contributed by atoms with Crippen molar-refractivity contribution in [2.24, 2.45) is 0 Å². The number of aromatic amines is 1. The van der Waals surface area contributed by atoms with Crippen molar-refractivity contribution in [3.05, 3.63) is 11.9 Å². The Kier molecular flexibility index (Phi) is 6.42. The molecule has 0 radical (unpaired) electrons. The van der Waals surface area contributed by atoms with Gasteiger partial charge in [-0.05, 0) is 12.8 Å². The standard InChI is InChI=1S/C7H12N2O3S.H2O4S/c1-2-3-4-6-5-8-7(9-6)13(10,11)12;1-5(2,3)4/h5H,2-4H2,1H3,(H,8,9)(H,10,11,12);(H2,1,2,3,4). The molecule has 9 nitrogen and oxygen atoms in total. The summed E-state index contributed by atoms with van der Waals surface area (Å²) in [7, 11) is -8.84. The van der Waals surface area contributed by atoms with Crippen molar-refractivity contribution in [1.29, 1.82) is 0 Å². The van der Waals surface area contributed by atoms with E-state index in [9.17, 15) is 8.42 Å². The van der Waals surface area contributed by atoms with Crippen molar-refractivity contribution in [3.8, 4) is 0 Å². The molecule has 0 aliphatic heterocycles. The van der Waals surface area contributed by atoms with Crippen LogP contribution in [0.15, 0.2) is 11.4 Å². The summed E-state index contributed by atoms with van der Waals surface area (Å²) in [4.78, 5) is 6.13. The number of aryl methyl sites for hydroxylation is 1. The molecule has 1 aromatic rings. The molecule has 4 N–H and O–H groups in total. The maximum absolute atomic E-state index is 10.6. The first-order valence-corrected chi connectivity index (χ1v) is 7.59. The molecule has 1 rings (SSSR count). The molecule has 0 amide bonds. The van der Waals surface area contributed by atoms with Crippen LogP contribution in [-0.4, -0.2) is 40.5 Å². The van der Waals surface area contributed by atoms with Gasteiger partial charge in [0.15, 0.2) is 0 Å². The molecule has 0 atom stereocenters. The van der Waals surface area contributed by atoms with Crippen LogP contribution in [-0.2, 0) is 26.9 Å². The molecule has 0 aliphatic carbocycles. The average Bonchev–Trinajstić information content (AvgIpc) is 2.59. The number of hydrogen-bond donors (Lipinski definition) is 4. The highest BCUT2D eigenvalue weighted by atomic mass is 32.3. The van der Waals surface area contributed by atoms with Crippen molar-refractivity contribution in [2.45, 2.75) is 31.3 Å². The highest BCUT2D eigenvalue weighted by Gasteiger charge is 2.13. The second kappa shape index (κ2) is 6.80. The summed E-state index contributed by atoms with van der Waals surface area (Å²) in [6.07, 6.45) is 4.20. The molecule has 106 valence electrons. The molecule has 18 heavy (non-hydrogen) atoms. The first-order chi connectivity index (χ1) is 8.04. The number of nitrogens with one attached hydrogen (secondary N) is 1. The predicted octanol–water partition coefficient (Wildman–Crippen LogP) is 0.346. The number of aromatic nitrogens is 2. The summed E-state index contributed by atoms with van der Waals surface area (Å²) in [6, 6.07) is 0. The molecule has 0 fully saturated rings. The number of rotatable bonds is 4. The molecule has 0 bridgehead atoms. The van der Waals surface area contributed by atoms with Gasteiger partial charge < -0.3 is 4.98 Å². The fraction of sp³-hybridized carbons (Fsp3) is 0.571. The van der Waals surface area contributed by atoms with Gasteiger partial charge in [-0.15, -0.1) is 0 Å². The molecule has 0 saturated carbocycles. The van der Waals surface area contributed by atoms with Crippen LogP contribution in [0.5, 0.6) is 0 Å². The second-order valence-electron chi connectivity index (χ2n) is 3.22. The number of unbranched alkanes of at least 4 members (excludes halogenated alkanes) is 1. The molecule has 1 heterocycles. The van der Waals surface area contributed by atoms with Gasteiger partial charge in [-0.25, -0.2) is 4.98 Å². The van der Waals surface area contributed by atoms with E-state index < -0.39 is 20.5 Å². The Bertz CT molecular complexity index is 552.